The van der Waals surface area contributed by atoms with Crippen LogP contribution in [0.4, 0.5) is 5.69 Å². The highest BCUT2D eigenvalue weighted by molar-refractivity contribution is 7.80. The summed E-state index contributed by atoms with van der Waals surface area (Å²) in [5.41, 5.74) is 3.28. The molecule has 0 saturated heterocycles. The maximum atomic E-state index is 13.6. The van der Waals surface area contributed by atoms with Crippen LogP contribution in [-0.2, 0) is 22.6 Å². The summed E-state index contributed by atoms with van der Waals surface area (Å²) in [6.45, 7) is 7.58. The van der Waals surface area contributed by atoms with Crippen LogP contribution in [0.25, 0.3) is 10.8 Å². The van der Waals surface area contributed by atoms with Gasteiger partial charge >= 0.3 is 0 Å². The number of ether oxygens (including phenoxy) is 1. The van der Waals surface area contributed by atoms with Crippen molar-refractivity contribution in [1.29, 1.82) is 0 Å². The van der Waals surface area contributed by atoms with Gasteiger partial charge in [0.15, 0.2) is 0 Å². The molecule has 1 amide bonds. The molecule has 3 atom stereocenters. The fourth-order valence-electron chi connectivity index (χ4n) is 5.18. The highest BCUT2D eigenvalue weighted by Crippen LogP contribution is 2.35. The number of amides is 1. The van der Waals surface area contributed by atoms with Crippen LogP contribution in [-0.4, -0.2) is 26.8 Å². The van der Waals surface area contributed by atoms with E-state index >= 15 is 0 Å². The van der Waals surface area contributed by atoms with E-state index in [1.807, 2.05) is 78.9 Å². The maximum Gasteiger partial charge on any atom is 0.222 e. The average Bonchev–Trinajstić information content (AvgIpc) is 2.95. The first-order chi connectivity index (χ1) is 19.7. The Hall–Kier alpha value is -3.72. The topological polar surface area (TPSA) is 93.7 Å². The molecule has 214 valence electrons. The van der Waals surface area contributed by atoms with Crippen molar-refractivity contribution in [3.8, 4) is 5.75 Å². The van der Waals surface area contributed by atoms with E-state index in [9.17, 15) is 13.6 Å². The van der Waals surface area contributed by atoms with Gasteiger partial charge < -0.3 is 19.9 Å². The van der Waals surface area contributed by atoms with Gasteiger partial charge in [-0.25, -0.2) is 0 Å². The molecule has 1 aliphatic rings. The Morgan fingerprint density at radius 3 is 2.46 bits per heavy atom. The maximum absolute atomic E-state index is 13.6. The minimum atomic E-state index is -2.62. The zero-order valence-corrected chi connectivity index (χ0v) is 24.4. The molecular formula is C33H36N3O4S-. The zero-order valence-electron chi connectivity index (χ0n) is 23.6. The number of hydrogen-bond donors (Lipinski definition) is 2. The second-order valence-electron chi connectivity index (χ2n) is 11.4. The predicted molar refractivity (Wildman–Crippen MR) is 163 cm³/mol. The van der Waals surface area contributed by atoms with Gasteiger partial charge in [-0.05, 0) is 60.9 Å². The van der Waals surface area contributed by atoms with Crippen LogP contribution >= 0.6 is 0 Å². The summed E-state index contributed by atoms with van der Waals surface area (Å²) in [5, 5.41) is 8.59. The van der Waals surface area contributed by atoms with E-state index in [1.54, 1.807) is 6.07 Å². The lowest BCUT2D eigenvalue weighted by Crippen LogP contribution is -2.37. The van der Waals surface area contributed by atoms with Crippen molar-refractivity contribution in [1.82, 2.24) is 10.6 Å². The SMILES string of the molecule is CC(C)(C)NCc1ccc2c(c1)OCCC2NC(=O)CC(c1ccccc1)N(c1ccc2ccccc2c1)S(=O)[O-]. The normalized spacial score (nSPS) is 16.3. The summed E-state index contributed by atoms with van der Waals surface area (Å²) in [7, 11) is 0. The molecule has 0 saturated carbocycles. The number of rotatable bonds is 9. The number of anilines is 1. The van der Waals surface area contributed by atoms with Crippen LogP contribution in [0.2, 0.25) is 0 Å². The van der Waals surface area contributed by atoms with Gasteiger partial charge in [-0.15, -0.1) is 0 Å². The Labute approximate surface area is 244 Å². The van der Waals surface area contributed by atoms with Gasteiger partial charge in [-0.3, -0.25) is 13.3 Å². The van der Waals surface area contributed by atoms with Crippen molar-refractivity contribution in [3.63, 3.8) is 0 Å². The molecule has 0 radical (unpaired) electrons. The second kappa shape index (κ2) is 12.4. The fourth-order valence-corrected chi connectivity index (χ4v) is 5.87. The van der Waals surface area contributed by atoms with E-state index in [1.165, 1.54) is 4.31 Å². The first-order valence-electron chi connectivity index (χ1n) is 13.9. The van der Waals surface area contributed by atoms with E-state index in [0.29, 0.717) is 25.3 Å². The van der Waals surface area contributed by atoms with Crippen LogP contribution in [0.5, 0.6) is 5.75 Å². The molecular weight excluding hydrogens is 534 g/mol. The van der Waals surface area contributed by atoms with E-state index in [2.05, 4.69) is 37.5 Å². The lowest BCUT2D eigenvalue weighted by Gasteiger charge is -2.35. The molecule has 0 spiro atoms. The van der Waals surface area contributed by atoms with Crippen LogP contribution in [0.15, 0.2) is 91.0 Å². The smallest absolute Gasteiger partial charge is 0.222 e. The van der Waals surface area contributed by atoms with Crippen LogP contribution in [0.1, 0.15) is 62.4 Å². The van der Waals surface area contributed by atoms with Gasteiger partial charge in [0.25, 0.3) is 0 Å². The standard InChI is InChI=1S/C33H37N3O4S/c1-33(2,3)34-22-23-13-16-28-29(17-18-40-31(28)19-23)35-32(37)21-30(25-10-5-4-6-11-25)36(41(38)39)27-15-14-24-9-7-8-12-26(24)20-27/h4-16,19-20,29-30,34H,17-18,21-22H2,1-3H3,(H,35,37)(H,38,39)/p-1. The Morgan fingerprint density at radius 1 is 1.00 bits per heavy atom. The average molecular weight is 571 g/mol. The predicted octanol–water partition coefficient (Wildman–Crippen LogP) is 6.10. The van der Waals surface area contributed by atoms with Gasteiger partial charge in [-0.2, -0.15) is 0 Å². The summed E-state index contributed by atoms with van der Waals surface area (Å²) < 4.78 is 32.7. The van der Waals surface area contributed by atoms with E-state index < -0.39 is 17.3 Å². The van der Waals surface area contributed by atoms with Gasteiger partial charge in [0.1, 0.15) is 5.75 Å². The molecule has 1 heterocycles. The lowest BCUT2D eigenvalue weighted by atomic mass is 9.97. The summed E-state index contributed by atoms with van der Waals surface area (Å²) in [6.07, 6.45) is 0.599. The van der Waals surface area contributed by atoms with Crippen molar-refractivity contribution in [2.45, 2.75) is 57.8 Å². The molecule has 3 unspecified atom stereocenters. The van der Waals surface area contributed by atoms with Crippen molar-refractivity contribution in [2.24, 2.45) is 0 Å². The minimum absolute atomic E-state index is 0.00292. The fraction of sp³-hybridized carbons (Fsp3) is 0.303. The molecule has 0 bridgehead atoms. The third kappa shape index (κ3) is 7.14. The van der Waals surface area contributed by atoms with Crippen LogP contribution in [0, 0.1) is 0 Å². The van der Waals surface area contributed by atoms with E-state index in [0.717, 1.165) is 33.2 Å². The van der Waals surface area contributed by atoms with Crippen molar-refractivity contribution in [3.05, 3.63) is 108 Å². The quantitative estimate of drug-likeness (QED) is 0.237. The number of nitrogens with zero attached hydrogens (tertiary/aromatic N) is 1. The number of fused-ring (bicyclic) bond motifs is 2. The molecule has 7 nitrogen and oxygen atoms in total. The summed E-state index contributed by atoms with van der Waals surface area (Å²) in [6, 6.07) is 27.8. The first kappa shape index (κ1) is 28.8. The number of nitrogens with one attached hydrogen (secondary N) is 2. The molecule has 0 fully saturated rings. The number of carbonyl (C=O) groups is 1. The summed E-state index contributed by atoms with van der Waals surface area (Å²) in [5.74, 6) is 0.541. The monoisotopic (exact) mass is 570 g/mol. The highest BCUT2D eigenvalue weighted by atomic mass is 32.2. The zero-order chi connectivity index (χ0) is 29.0. The molecule has 0 aromatic heterocycles. The molecule has 5 rings (SSSR count). The summed E-state index contributed by atoms with van der Waals surface area (Å²) >= 11 is -2.62. The van der Waals surface area contributed by atoms with Crippen molar-refractivity contribution < 1.29 is 18.3 Å². The summed E-state index contributed by atoms with van der Waals surface area (Å²) in [4.78, 5) is 13.6. The van der Waals surface area contributed by atoms with Gasteiger partial charge in [0, 0.05) is 41.0 Å². The third-order valence-electron chi connectivity index (χ3n) is 7.27. The number of hydrogen-bond acceptors (Lipinski definition) is 5. The lowest BCUT2D eigenvalue weighted by molar-refractivity contribution is -0.122. The van der Waals surface area contributed by atoms with Crippen molar-refractivity contribution >= 4 is 33.6 Å². The van der Waals surface area contributed by atoms with Crippen LogP contribution < -0.4 is 19.7 Å². The van der Waals surface area contributed by atoms with Crippen LogP contribution in [0.3, 0.4) is 0 Å². The Morgan fingerprint density at radius 2 is 1.73 bits per heavy atom. The van der Waals surface area contributed by atoms with Gasteiger partial charge in [0.05, 0.1) is 25.1 Å². The van der Waals surface area contributed by atoms with E-state index in [-0.39, 0.29) is 23.9 Å². The minimum Gasteiger partial charge on any atom is -0.755 e. The van der Waals surface area contributed by atoms with Gasteiger partial charge in [-0.1, -0.05) is 72.8 Å². The van der Waals surface area contributed by atoms with Crippen molar-refractivity contribution in [2.75, 3.05) is 10.9 Å². The first-order valence-corrected chi connectivity index (χ1v) is 14.9. The Bertz CT molecular complexity index is 1540. The molecule has 8 heteroatoms. The molecule has 4 aromatic rings. The molecule has 2 N–H and O–H groups in total. The van der Waals surface area contributed by atoms with E-state index in [4.69, 9.17) is 4.74 Å². The number of benzene rings is 4. The second-order valence-corrected chi connectivity index (χ2v) is 12.3. The Kier molecular flexibility index (Phi) is 8.73. The molecule has 0 aliphatic carbocycles. The largest absolute Gasteiger partial charge is 0.755 e. The number of carbonyl (C=O) groups excluding carboxylic acids is 1. The molecule has 41 heavy (non-hydrogen) atoms. The molecule has 4 aromatic carbocycles. The van der Waals surface area contributed by atoms with Gasteiger partial charge in [0.2, 0.25) is 5.91 Å². The molecule has 1 aliphatic heterocycles. The highest BCUT2D eigenvalue weighted by Gasteiger charge is 2.28. The third-order valence-corrected chi connectivity index (χ3v) is 8.06. The Balaban J connectivity index is 1.38.